The summed E-state index contributed by atoms with van der Waals surface area (Å²) in [7, 11) is 1.51. The lowest BCUT2D eigenvalue weighted by Gasteiger charge is -2.23. The zero-order valence-electron chi connectivity index (χ0n) is 29.4. The van der Waals surface area contributed by atoms with Crippen LogP contribution in [0, 0.1) is 27.7 Å². The molecule has 2 aromatic carbocycles. The van der Waals surface area contributed by atoms with Crippen molar-refractivity contribution >= 4 is 11.6 Å². The summed E-state index contributed by atoms with van der Waals surface area (Å²) in [5.41, 5.74) is 4.06. The normalized spacial score (nSPS) is 13.1. The number of carbonyl (C=O) groups is 2. The van der Waals surface area contributed by atoms with Crippen molar-refractivity contribution in [3.63, 3.8) is 0 Å². The highest BCUT2D eigenvalue weighted by molar-refractivity contribution is 6.09. The van der Waals surface area contributed by atoms with Crippen molar-refractivity contribution in [2.24, 2.45) is 7.05 Å². The molecular weight excluding hydrogens is 608 g/mol. The van der Waals surface area contributed by atoms with Crippen LogP contribution in [0.4, 0.5) is 0 Å². The van der Waals surface area contributed by atoms with Gasteiger partial charge in [0.1, 0.15) is 5.69 Å². The SMILES string of the molecule is Cc1cc(C)cc(C(=O)c2[nH]c(=O)[nH]c(=O)c2C(C)C)c1.Cc1cc(C)cc(C(=O)c2c(C(C)C)c(=O)n(C)c(=O)n2C2CCCC2)c1. The number of rotatable bonds is 7. The van der Waals surface area contributed by atoms with E-state index in [0.717, 1.165) is 52.5 Å². The summed E-state index contributed by atoms with van der Waals surface area (Å²) in [5.74, 6) is -0.891. The van der Waals surface area contributed by atoms with E-state index in [1.54, 1.807) is 30.5 Å². The second-order valence-corrected chi connectivity index (χ2v) is 13.6. The number of aromatic amines is 2. The second kappa shape index (κ2) is 14.5. The molecule has 48 heavy (non-hydrogen) atoms. The van der Waals surface area contributed by atoms with E-state index in [4.69, 9.17) is 0 Å². The fraction of sp³-hybridized carbons (Fsp3) is 0.421. The Morgan fingerprint density at radius 2 is 1.15 bits per heavy atom. The summed E-state index contributed by atoms with van der Waals surface area (Å²) >= 11 is 0. The van der Waals surface area contributed by atoms with Gasteiger partial charge in [0, 0.05) is 35.3 Å². The highest BCUT2D eigenvalue weighted by Gasteiger charge is 2.30. The third kappa shape index (κ3) is 7.48. The summed E-state index contributed by atoms with van der Waals surface area (Å²) in [6, 6.07) is 11.1. The number of aryl methyl sites for hydroxylation is 4. The Bertz CT molecular complexity index is 2080. The summed E-state index contributed by atoms with van der Waals surface area (Å²) in [5, 5.41) is 0. The Morgan fingerprint density at radius 3 is 1.60 bits per heavy atom. The molecule has 2 heterocycles. The first-order chi connectivity index (χ1) is 22.5. The van der Waals surface area contributed by atoms with E-state index in [9.17, 15) is 28.8 Å². The number of ketones is 2. The molecule has 0 spiro atoms. The van der Waals surface area contributed by atoms with Crippen LogP contribution in [-0.4, -0.2) is 30.7 Å². The minimum Gasteiger partial charge on any atom is -0.304 e. The third-order valence-corrected chi connectivity index (χ3v) is 8.76. The number of hydrogen-bond donors (Lipinski definition) is 2. The molecule has 10 heteroatoms. The maximum absolute atomic E-state index is 13.6. The fourth-order valence-electron chi connectivity index (χ4n) is 6.73. The molecule has 1 saturated carbocycles. The predicted molar refractivity (Wildman–Crippen MR) is 188 cm³/mol. The van der Waals surface area contributed by atoms with Gasteiger partial charge in [0.15, 0.2) is 0 Å². The number of hydrogen-bond acceptors (Lipinski definition) is 6. The van der Waals surface area contributed by atoms with Gasteiger partial charge in [-0.25, -0.2) is 9.59 Å². The average molecular weight is 655 g/mol. The molecule has 5 rings (SSSR count). The Morgan fingerprint density at radius 1 is 0.688 bits per heavy atom. The largest absolute Gasteiger partial charge is 0.331 e. The van der Waals surface area contributed by atoms with E-state index in [1.807, 2.05) is 65.8 Å². The number of benzene rings is 2. The zero-order chi connectivity index (χ0) is 35.6. The van der Waals surface area contributed by atoms with Crippen LogP contribution in [0.3, 0.4) is 0 Å². The molecule has 0 unspecified atom stereocenters. The molecule has 10 nitrogen and oxygen atoms in total. The predicted octanol–water partition coefficient (Wildman–Crippen LogP) is 5.67. The van der Waals surface area contributed by atoms with Gasteiger partial charge in [-0.3, -0.25) is 33.3 Å². The molecule has 1 fully saturated rings. The summed E-state index contributed by atoms with van der Waals surface area (Å²) in [6.45, 7) is 15.1. The standard InChI is InChI=1S/C22H28N2O3.C16H18N2O3/c1-13(2)18-19(20(25)16-11-14(3)10-15(4)12-16)24(17-8-6-7-9-17)22(27)23(5)21(18)26;1-8(2)12-13(17-16(21)18-15(12)20)14(19)11-6-9(3)5-10(4)7-11/h10-13,17H,6-9H2,1-5H3;5-8H,1-4H3,(H2,17,18,20,21). The lowest BCUT2D eigenvalue weighted by Crippen LogP contribution is -2.44. The van der Waals surface area contributed by atoms with Gasteiger partial charge in [0.2, 0.25) is 11.6 Å². The Balaban J connectivity index is 0.000000224. The van der Waals surface area contributed by atoms with Gasteiger partial charge in [-0.1, -0.05) is 74.9 Å². The van der Waals surface area contributed by atoms with E-state index in [0.29, 0.717) is 22.3 Å². The number of nitrogens with one attached hydrogen (secondary N) is 2. The van der Waals surface area contributed by atoms with Crippen molar-refractivity contribution in [1.82, 2.24) is 19.1 Å². The molecule has 0 atom stereocenters. The molecule has 0 bridgehead atoms. The van der Waals surface area contributed by atoms with Gasteiger partial charge in [-0.15, -0.1) is 0 Å². The number of nitrogens with zero attached hydrogens (tertiary/aromatic N) is 2. The molecule has 0 aliphatic heterocycles. The lowest BCUT2D eigenvalue weighted by atomic mass is 9.94. The minimum absolute atomic E-state index is 0.0216. The zero-order valence-corrected chi connectivity index (χ0v) is 29.4. The van der Waals surface area contributed by atoms with E-state index >= 15 is 0 Å². The Labute approximate surface area is 279 Å². The van der Waals surface area contributed by atoms with E-state index in [-0.39, 0.29) is 52.1 Å². The number of H-pyrrole nitrogens is 2. The molecular formula is C38H46N4O6. The van der Waals surface area contributed by atoms with Crippen molar-refractivity contribution in [3.8, 4) is 0 Å². The van der Waals surface area contributed by atoms with Crippen molar-refractivity contribution in [2.75, 3.05) is 0 Å². The smallest absolute Gasteiger partial charge is 0.304 e. The Kier molecular flexibility index (Phi) is 10.9. The fourth-order valence-corrected chi connectivity index (χ4v) is 6.73. The molecule has 0 amide bonds. The maximum Gasteiger partial charge on any atom is 0.331 e. The number of carbonyl (C=O) groups excluding carboxylic acids is 2. The third-order valence-electron chi connectivity index (χ3n) is 8.76. The van der Waals surface area contributed by atoms with Gasteiger partial charge in [-0.05, 0) is 76.6 Å². The van der Waals surface area contributed by atoms with Crippen molar-refractivity contribution in [3.05, 3.63) is 134 Å². The molecule has 0 saturated heterocycles. The van der Waals surface area contributed by atoms with E-state index in [2.05, 4.69) is 9.97 Å². The van der Waals surface area contributed by atoms with Crippen LogP contribution in [0.5, 0.6) is 0 Å². The molecule has 254 valence electrons. The Hall–Kier alpha value is -4.86. The number of aromatic nitrogens is 4. The maximum atomic E-state index is 13.6. The first kappa shape index (κ1) is 36.0. The highest BCUT2D eigenvalue weighted by Crippen LogP contribution is 2.31. The lowest BCUT2D eigenvalue weighted by molar-refractivity contribution is 0.101. The van der Waals surface area contributed by atoms with Crippen LogP contribution >= 0.6 is 0 Å². The first-order valence-corrected chi connectivity index (χ1v) is 16.5. The second-order valence-electron chi connectivity index (χ2n) is 13.6. The van der Waals surface area contributed by atoms with Crippen LogP contribution < -0.4 is 22.5 Å². The minimum atomic E-state index is -0.669. The van der Waals surface area contributed by atoms with E-state index < -0.39 is 11.2 Å². The monoisotopic (exact) mass is 654 g/mol. The van der Waals surface area contributed by atoms with Gasteiger partial charge in [-0.2, -0.15) is 0 Å². The van der Waals surface area contributed by atoms with Crippen molar-refractivity contribution in [2.45, 2.75) is 99.0 Å². The molecule has 2 N–H and O–H groups in total. The average Bonchev–Trinajstić information content (AvgIpc) is 3.52. The molecule has 0 radical (unpaired) electrons. The van der Waals surface area contributed by atoms with Crippen LogP contribution in [0.1, 0.15) is 137 Å². The van der Waals surface area contributed by atoms with Gasteiger partial charge in [0.05, 0.1) is 5.69 Å². The van der Waals surface area contributed by atoms with Crippen LogP contribution in [0.25, 0.3) is 0 Å². The van der Waals surface area contributed by atoms with Gasteiger partial charge < -0.3 is 4.98 Å². The molecule has 1 aliphatic carbocycles. The van der Waals surface area contributed by atoms with Crippen LogP contribution in [0.15, 0.2) is 55.6 Å². The quantitative estimate of drug-likeness (QED) is 0.246. The summed E-state index contributed by atoms with van der Waals surface area (Å²) < 4.78 is 2.77. The van der Waals surface area contributed by atoms with Crippen LogP contribution in [0.2, 0.25) is 0 Å². The molecule has 2 aromatic heterocycles. The summed E-state index contributed by atoms with van der Waals surface area (Å²) in [6.07, 6.45) is 3.80. The van der Waals surface area contributed by atoms with Crippen LogP contribution in [-0.2, 0) is 7.05 Å². The summed E-state index contributed by atoms with van der Waals surface area (Å²) in [4.78, 5) is 80.2. The van der Waals surface area contributed by atoms with Crippen molar-refractivity contribution < 1.29 is 9.59 Å². The first-order valence-electron chi connectivity index (χ1n) is 16.5. The topological polar surface area (TPSA) is 144 Å². The van der Waals surface area contributed by atoms with Gasteiger partial charge >= 0.3 is 11.4 Å². The van der Waals surface area contributed by atoms with Gasteiger partial charge in [0.25, 0.3) is 11.1 Å². The highest BCUT2D eigenvalue weighted by atomic mass is 16.2. The molecule has 4 aromatic rings. The molecule has 1 aliphatic rings. The van der Waals surface area contributed by atoms with E-state index in [1.165, 1.54) is 7.05 Å². The van der Waals surface area contributed by atoms with Crippen molar-refractivity contribution in [1.29, 1.82) is 0 Å².